The summed E-state index contributed by atoms with van der Waals surface area (Å²) < 4.78 is 0. The van der Waals surface area contributed by atoms with Gasteiger partial charge in [-0.2, -0.15) is 0 Å². The van der Waals surface area contributed by atoms with E-state index >= 15 is 0 Å². The highest BCUT2D eigenvalue weighted by Gasteiger charge is 2.31. The van der Waals surface area contributed by atoms with Crippen LogP contribution in [0.25, 0.3) is 5.70 Å². The van der Waals surface area contributed by atoms with E-state index < -0.39 is 0 Å². The molecule has 0 saturated heterocycles. The Kier molecular flexibility index (Phi) is 4.33. The van der Waals surface area contributed by atoms with E-state index in [2.05, 4.69) is 11.9 Å². The molecule has 0 radical (unpaired) electrons. The van der Waals surface area contributed by atoms with Gasteiger partial charge in [0.15, 0.2) is 0 Å². The van der Waals surface area contributed by atoms with Crippen molar-refractivity contribution in [3.8, 4) is 5.75 Å². The van der Waals surface area contributed by atoms with Crippen molar-refractivity contribution in [2.24, 2.45) is 0 Å². The molecule has 1 heterocycles. The van der Waals surface area contributed by atoms with Crippen LogP contribution in [0, 0.1) is 0 Å². The minimum atomic E-state index is -0.226. The number of aromatic hydroxyl groups is 1. The van der Waals surface area contributed by atoms with E-state index in [0.717, 1.165) is 11.1 Å². The lowest BCUT2D eigenvalue weighted by Gasteiger charge is -2.17. The quantitative estimate of drug-likeness (QED) is 0.886. The lowest BCUT2D eigenvalue weighted by molar-refractivity contribution is -0.121. The van der Waals surface area contributed by atoms with E-state index in [1.165, 1.54) is 4.90 Å². The summed E-state index contributed by atoms with van der Waals surface area (Å²) in [5.74, 6) is -0.200. The Bertz CT molecular complexity index is 762. The summed E-state index contributed by atoms with van der Waals surface area (Å²) in [5.41, 5.74) is 2.94. The monoisotopic (exact) mass is 322 g/mol. The molecule has 2 N–H and O–H groups in total. The van der Waals surface area contributed by atoms with Gasteiger partial charge in [0, 0.05) is 23.4 Å². The number of fused-ring (bicyclic) bond motifs is 1. The maximum atomic E-state index is 12.3. The van der Waals surface area contributed by atoms with Crippen molar-refractivity contribution in [1.82, 2.24) is 10.2 Å². The first kappa shape index (κ1) is 15.8. The molecule has 0 unspecified atom stereocenters. The fourth-order valence-electron chi connectivity index (χ4n) is 2.71. The number of amides is 2. The first-order chi connectivity index (χ1) is 11.6. The predicted octanol–water partition coefficient (Wildman–Crippen LogP) is 2.18. The fraction of sp³-hybridized carbons (Fsp3) is 0.158. The Morgan fingerprint density at radius 3 is 2.42 bits per heavy atom. The smallest absolute Gasteiger partial charge is 0.259 e. The number of phenols is 1. The molecule has 0 spiro atoms. The summed E-state index contributed by atoms with van der Waals surface area (Å²) in [7, 11) is 0. The molecule has 0 fully saturated rings. The van der Waals surface area contributed by atoms with Crippen molar-refractivity contribution in [1.29, 1.82) is 0 Å². The van der Waals surface area contributed by atoms with Crippen LogP contribution in [-0.4, -0.2) is 34.9 Å². The van der Waals surface area contributed by atoms with Crippen molar-refractivity contribution in [3.05, 3.63) is 71.8 Å². The maximum Gasteiger partial charge on any atom is 0.259 e. The highest BCUT2D eigenvalue weighted by molar-refractivity contribution is 6.10. The number of carbonyl (C=O) groups excluding carboxylic acids is 2. The minimum absolute atomic E-state index is 0.0398. The van der Waals surface area contributed by atoms with Crippen molar-refractivity contribution in [2.75, 3.05) is 13.1 Å². The molecule has 0 bridgehead atoms. The van der Waals surface area contributed by atoms with Crippen LogP contribution in [-0.2, 0) is 11.2 Å². The normalized spacial score (nSPS) is 13.1. The van der Waals surface area contributed by atoms with Crippen LogP contribution >= 0.6 is 0 Å². The first-order valence-electron chi connectivity index (χ1n) is 7.71. The molecule has 3 rings (SSSR count). The highest BCUT2D eigenvalue weighted by Crippen LogP contribution is 2.30. The van der Waals surface area contributed by atoms with Gasteiger partial charge in [-0.15, -0.1) is 0 Å². The zero-order valence-electron chi connectivity index (χ0n) is 13.2. The molecule has 2 aromatic rings. The van der Waals surface area contributed by atoms with Gasteiger partial charge in [-0.25, -0.2) is 0 Å². The number of hydrogen-bond donors (Lipinski definition) is 2. The van der Waals surface area contributed by atoms with Gasteiger partial charge in [0.1, 0.15) is 12.3 Å². The molecule has 5 nitrogen and oxygen atoms in total. The molecule has 0 saturated carbocycles. The molecule has 24 heavy (non-hydrogen) atoms. The standard InChI is InChI=1S/C19H18N2O3/c1-13-16-4-2-3-5-17(16)19(24)21(13)12-18(23)20-11-10-14-6-8-15(22)9-7-14/h2-9,22H,1,10-12H2,(H,20,23). The fourth-order valence-corrected chi connectivity index (χ4v) is 2.71. The largest absolute Gasteiger partial charge is 0.508 e. The van der Waals surface area contributed by atoms with E-state index in [1.807, 2.05) is 24.3 Å². The van der Waals surface area contributed by atoms with Crippen LogP contribution in [0.4, 0.5) is 0 Å². The van der Waals surface area contributed by atoms with Gasteiger partial charge in [-0.05, 0) is 30.2 Å². The average Bonchev–Trinajstić information content (AvgIpc) is 2.82. The summed E-state index contributed by atoms with van der Waals surface area (Å²) in [5, 5.41) is 12.0. The van der Waals surface area contributed by atoms with E-state index in [9.17, 15) is 14.7 Å². The third-order valence-electron chi connectivity index (χ3n) is 4.01. The van der Waals surface area contributed by atoms with Gasteiger partial charge < -0.3 is 10.4 Å². The summed E-state index contributed by atoms with van der Waals surface area (Å²) >= 11 is 0. The van der Waals surface area contributed by atoms with Crippen LogP contribution in [0.15, 0.2) is 55.1 Å². The number of carbonyl (C=O) groups is 2. The second kappa shape index (κ2) is 6.58. The minimum Gasteiger partial charge on any atom is -0.508 e. The molecule has 2 amide bonds. The lowest BCUT2D eigenvalue weighted by atomic mass is 10.1. The Balaban J connectivity index is 1.53. The molecule has 5 heteroatoms. The zero-order valence-corrected chi connectivity index (χ0v) is 13.2. The van der Waals surface area contributed by atoms with Crippen LogP contribution < -0.4 is 5.32 Å². The van der Waals surface area contributed by atoms with Gasteiger partial charge >= 0.3 is 0 Å². The van der Waals surface area contributed by atoms with Gasteiger partial charge in [-0.1, -0.05) is 36.9 Å². The summed E-state index contributed by atoms with van der Waals surface area (Å²) in [4.78, 5) is 25.8. The van der Waals surface area contributed by atoms with Crippen LogP contribution in [0.3, 0.4) is 0 Å². The third-order valence-corrected chi connectivity index (χ3v) is 4.01. The molecule has 0 aromatic heterocycles. The van der Waals surface area contributed by atoms with E-state index in [1.54, 1.807) is 24.3 Å². The molecule has 122 valence electrons. The van der Waals surface area contributed by atoms with Crippen LogP contribution in [0.5, 0.6) is 5.75 Å². The summed E-state index contributed by atoms with van der Waals surface area (Å²) in [6, 6.07) is 14.1. The molecular weight excluding hydrogens is 304 g/mol. The number of rotatable bonds is 5. The molecule has 1 aliphatic heterocycles. The Labute approximate surface area is 140 Å². The highest BCUT2D eigenvalue weighted by atomic mass is 16.3. The Hall–Kier alpha value is -3.08. The second-order valence-corrected chi connectivity index (χ2v) is 5.65. The SMILES string of the molecule is C=C1c2ccccc2C(=O)N1CC(=O)NCCc1ccc(O)cc1. The lowest BCUT2D eigenvalue weighted by Crippen LogP contribution is -2.37. The van der Waals surface area contributed by atoms with E-state index in [0.29, 0.717) is 24.2 Å². The Morgan fingerprint density at radius 2 is 1.75 bits per heavy atom. The average molecular weight is 322 g/mol. The summed E-state index contributed by atoms with van der Waals surface area (Å²) in [6.07, 6.45) is 0.654. The topological polar surface area (TPSA) is 69.6 Å². The molecule has 0 aliphatic carbocycles. The van der Waals surface area contributed by atoms with Crippen LogP contribution in [0.2, 0.25) is 0 Å². The molecular formula is C19H18N2O3. The number of nitrogens with one attached hydrogen (secondary N) is 1. The molecule has 0 atom stereocenters. The van der Waals surface area contributed by atoms with Gasteiger partial charge in [-0.3, -0.25) is 14.5 Å². The number of hydrogen-bond acceptors (Lipinski definition) is 3. The van der Waals surface area contributed by atoms with Gasteiger partial charge in [0.05, 0.1) is 0 Å². The molecule has 1 aliphatic rings. The summed E-state index contributed by atoms with van der Waals surface area (Å²) in [6.45, 7) is 4.34. The second-order valence-electron chi connectivity index (χ2n) is 5.65. The molecule has 2 aromatic carbocycles. The van der Waals surface area contributed by atoms with Crippen LogP contribution in [0.1, 0.15) is 21.5 Å². The predicted molar refractivity (Wildman–Crippen MR) is 91.3 cm³/mol. The van der Waals surface area contributed by atoms with E-state index in [4.69, 9.17) is 0 Å². The van der Waals surface area contributed by atoms with Gasteiger partial charge in [0.2, 0.25) is 5.91 Å². The van der Waals surface area contributed by atoms with E-state index in [-0.39, 0.29) is 24.1 Å². The number of nitrogens with zero attached hydrogens (tertiary/aromatic N) is 1. The van der Waals surface area contributed by atoms with Crippen molar-refractivity contribution in [2.45, 2.75) is 6.42 Å². The Morgan fingerprint density at radius 1 is 1.08 bits per heavy atom. The van der Waals surface area contributed by atoms with Gasteiger partial charge in [0.25, 0.3) is 5.91 Å². The van der Waals surface area contributed by atoms with Crippen molar-refractivity contribution in [3.63, 3.8) is 0 Å². The number of benzene rings is 2. The third kappa shape index (κ3) is 3.15. The van der Waals surface area contributed by atoms with Crippen molar-refractivity contribution < 1.29 is 14.7 Å². The zero-order chi connectivity index (χ0) is 17.1. The maximum absolute atomic E-state index is 12.3. The number of phenolic OH excluding ortho intramolecular Hbond substituents is 1. The first-order valence-corrected chi connectivity index (χ1v) is 7.71. The van der Waals surface area contributed by atoms with Crippen molar-refractivity contribution >= 4 is 17.5 Å².